The SMILES string of the molecule is C[C@@H]1CN(S(=O)(=O)c2ccc(NC(=O)[C@@H](C)N3C(=O)c4ccccc4C3=O)cc2)C[C@@H](C)O1. The Morgan fingerprint density at radius 2 is 1.48 bits per heavy atom. The molecule has 2 heterocycles. The summed E-state index contributed by atoms with van der Waals surface area (Å²) in [5.74, 6) is -1.60. The second-order valence-electron chi connectivity index (χ2n) is 8.29. The number of amides is 3. The molecule has 33 heavy (non-hydrogen) atoms. The zero-order valence-corrected chi connectivity index (χ0v) is 19.3. The average Bonchev–Trinajstić information content (AvgIpc) is 3.03. The lowest BCUT2D eigenvalue weighted by atomic mass is 10.1. The topological polar surface area (TPSA) is 113 Å². The van der Waals surface area contributed by atoms with Crippen LogP contribution in [0.25, 0.3) is 0 Å². The maximum atomic E-state index is 13.0. The minimum absolute atomic E-state index is 0.107. The monoisotopic (exact) mass is 471 g/mol. The third-order valence-electron chi connectivity index (χ3n) is 5.74. The van der Waals surface area contributed by atoms with E-state index in [0.29, 0.717) is 5.69 Å². The van der Waals surface area contributed by atoms with Crippen LogP contribution in [0.15, 0.2) is 53.4 Å². The van der Waals surface area contributed by atoms with Crippen LogP contribution in [0, 0.1) is 0 Å². The number of sulfonamides is 1. The highest BCUT2D eigenvalue weighted by Gasteiger charge is 2.40. The highest BCUT2D eigenvalue weighted by atomic mass is 32.2. The fourth-order valence-electron chi connectivity index (χ4n) is 4.11. The zero-order valence-electron chi connectivity index (χ0n) is 18.5. The van der Waals surface area contributed by atoms with Crippen molar-refractivity contribution >= 4 is 33.4 Å². The second-order valence-corrected chi connectivity index (χ2v) is 10.2. The van der Waals surface area contributed by atoms with E-state index >= 15 is 0 Å². The predicted octanol–water partition coefficient (Wildman–Crippen LogP) is 2.11. The first kappa shape index (κ1) is 23.1. The Morgan fingerprint density at radius 3 is 2.00 bits per heavy atom. The van der Waals surface area contributed by atoms with Crippen molar-refractivity contribution in [2.45, 2.75) is 43.9 Å². The Kier molecular flexibility index (Phi) is 6.08. The number of anilines is 1. The Bertz CT molecular complexity index is 1170. The number of hydrogen-bond acceptors (Lipinski definition) is 6. The predicted molar refractivity (Wildman–Crippen MR) is 120 cm³/mol. The van der Waals surface area contributed by atoms with Gasteiger partial charge in [0, 0.05) is 18.8 Å². The number of morpholine rings is 1. The summed E-state index contributed by atoms with van der Waals surface area (Å²) in [6.45, 7) is 5.65. The summed E-state index contributed by atoms with van der Waals surface area (Å²) in [6, 6.07) is 11.2. The Morgan fingerprint density at radius 1 is 0.970 bits per heavy atom. The number of nitrogens with zero attached hydrogens (tertiary/aromatic N) is 2. The molecule has 0 saturated carbocycles. The molecule has 0 spiro atoms. The van der Waals surface area contributed by atoms with Crippen LogP contribution in [-0.2, 0) is 19.6 Å². The van der Waals surface area contributed by atoms with Gasteiger partial charge in [0.25, 0.3) is 11.8 Å². The van der Waals surface area contributed by atoms with E-state index in [9.17, 15) is 22.8 Å². The molecule has 4 rings (SSSR count). The van der Waals surface area contributed by atoms with E-state index in [1.807, 2.05) is 13.8 Å². The van der Waals surface area contributed by atoms with Crippen molar-refractivity contribution in [2.75, 3.05) is 18.4 Å². The fraction of sp³-hybridized carbons (Fsp3) is 0.348. The van der Waals surface area contributed by atoms with E-state index < -0.39 is 33.8 Å². The van der Waals surface area contributed by atoms with E-state index in [-0.39, 0.29) is 41.3 Å². The molecule has 1 saturated heterocycles. The average molecular weight is 472 g/mol. The summed E-state index contributed by atoms with van der Waals surface area (Å²) < 4.78 is 32.9. The van der Waals surface area contributed by atoms with Gasteiger partial charge < -0.3 is 10.1 Å². The van der Waals surface area contributed by atoms with Crippen LogP contribution in [0.3, 0.4) is 0 Å². The van der Waals surface area contributed by atoms with Gasteiger partial charge in [0.2, 0.25) is 15.9 Å². The van der Waals surface area contributed by atoms with Crippen LogP contribution in [0.5, 0.6) is 0 Å². The maximum Gasteiger partial charge on any atom is 0.262 e. The number of ether oxygens (including phenoxy) is 1. The molecule has 10 heteroatoms. The molecule has 0 bridgehead atoms. The molecular formula is C23H25N3O6S. The standard InChI is InChI=1S/C23H25N3O6S/c1-14-12-25(13-15(2)32-14)33(30,31)18-10-8-17(9-11-18)24-21(27)16(3)26-22(28)19-6-4-5-7-20(19)23(26)29/h4-11,14-16H,12-13H2,1-3H3,(H,24,27)/t14-,15-,16-/m1/s1. The molecule has 3 amide bonds. The normalized spacial score (nSPS) is 22.2. The number of imide groups is 1. The first-order valence-electron chi connectivity index (χ1n) is 10.6. The van der Waals surface area contributed by atoms with Gasteiger partial charge in [-0.05, 0) is 57.2 Å². The van der Waals surface area contributed by atoms with Crippen LogP contribution in [0.1, 0.15) is 41.5 Å². The van der Waals surface area contributed by atoms with Gasteiger partial charge >= 0.3 is 0 Å². The van der Waals surface area contributed by atoms with Crippen molar-refractivity contribution in [1.29, 1.82) is 0 Å². The van der Waals surface area contributed by atoms with Crippen LogP contribution in [0.2, 0.25) is 0 Å². The smallest absolute Gasteiger partial charge is 0.262 e. The third-order valence-corrected chi connectivity index (χ3v) is 7.58. The first-order valence-corrected chi connectivity index (χ1v) is 12.1. The Labute approximate surface area is 192 Å². The number of hydrogen-bond donors (Lipinski definition) is 1. The molecule has 2 aromatic rings. The van der Waals surface area contributed by atoms with E-state index in [0.717, 1.165) is 4.90 Å². The summed E-state index contributed by atoms with van der Waals surface area (Å²) in [5, 5.41) is 2.65. The molecule has 1 fully saturated rings. The molecule has 0 unspecified atom stereocenters. The van der Waals surface area contributed by atoms with E-state index in [2.05, 4.69) is 5.32 Å². The summed E-state index contributed by atoms with van der Waals surface area (Å²) in [7, 11) is -3.70. The van der Waals surface area contributed by atoms with Crippen LogP contribution in [0.4, 0.5) is 5.69 Å². The molecular weight excluding hydrogens is 446 g/mol. The summed E-state index contributed by atoms with van der Waals surface area (Å²) in [4.78, 5) is 39.0. The van der Waals surface area contributed by atoms with Gasteiger partial charge in [-0.15, -0.1) is 0 Å². The van der Waals surface area contributed by atoms with Crippen molar-refractivity contribution in [1.82, 2.24) is 9.21 Å². The molecule has 1 N–H and O–H groups in total. The zero-order chi connectivity index (χ0) is 23.9. The lowest BCUT2D eigenvalue weighted by Gasteiger charge is -2.34. The largest absolute Gasteiger partial charge is 0.373 e. The molecule has 2 aromatic carbocycles. The highest BCUT2D eigenvalue weighted by molar-refractivity contribution is 7.89. The molecule has 9 nitrogen and oxygen atoms in total. The van der Waals surface area contributed by atoms with Crippen LogP contribution in [-0.4, -0.2) is 66.7 Å². The molecule has 0 aliphatic carbocycles. The fourth-order valence-corrected chi connectivity index (χ4v) is 5.70. The lowest BCUT2D eigenvalue weighted by Crippen LogP contribution is -2.48. The van der Waals surface area contributed by atoms with Gasteiger partial charge in [0.15, 0.2) is 0 Å². The Balaban J connectivity index is 1.45. The van der Waals surface area contributed by atoms with Gasteiger partial charge in [-0.1, -0.05) is 12.1 Å². The van der Waals surface area contributed by atoms with E-state index in [1.165, 1.54) is 35.5 Å². The van der Waals surface area contributed by atoms with Crippen molar-refractivity contribution < 1.29 is 27.5 Å². The third kappa shape index (κ3) is 4.29. The molecule has 0 radical (unpaired) electrons. The van der Waals surface area contributed by atoms with Gasteiger partial charge in [0.05, 0.1) is 28.2 Å². The van der Waals surface area contributed by atoms with Crippen molar-refractivity contribution in [3.05, 3.63) is 59.7 Å². The first-order chi connectivity index (χ1) is 15.6. The molecule has 2 aliphatic rings. The second kappa shape index (κ2) is 8.69. The maximum absolute atomic E-state index is 13.0. The van der Waals surface area contributed by atoms with Crippen molar-refractivity contribution in [3.8, 4) is 0 Å². The van der Waals surface area contributed by atoms with Crippen LogP contribution < -0.4 is 5.32 Å². The van der Waals surface area contributed by atoms with Crippen LogP contribution >= 0.6 is 0 Å². The number of rotatable bonds is 5. The number of nitrogens with one attached hydrogen (secondary N) is 1. The van der Waals surface area contributed by atoms with Gasteiger partial charge in [-0.3, -0.25) is 19.3 Å². The molecule has 174 valence electrons. The summed E-state index contributed by atoms with van der Waals surface area (Å²) in [5.41, 5.74) is 0.887. The number of benzene rings is 2. The quantitative estimate of drug-likeness (QED) is 0.669. The van der Waals surface area contributed by atoms with Gasteiger partial charge in [0.1, 0.15) is 6.04 Å². The van der Waals surface area contributed by atoms with Gasteiger partial charge in [-0.25, -0.2) is 8.42 Å². The summed E-state index contributed by atoms with van der Waals surface area (Å²) >= 11 is 0. The van der Waals surface area contributed by atoms with E-state index in [1.54, 1.807) is 24.3 Å². The highest BCUT2D eigenvalue weighted by Crippen LogP contribution is 2.26. The van der Waals surface area contributed by atoms with E-state index in [4.69, 9.17) is 4.74 Å². The summed E-state index contributed by atoms with van der Waals surface area (Å²) in [6.07, 6.45) is -0.406. The molecule has 0 aromatic heterocycles. The Hall–Kier alpha value is -3.08. The van der Waals surface area contributed by atoms with Crippen molar-refractivity contribution in [2.24, 2.45) is 0 Å². The minimum Gasteiger partial charge on any atom is -0.373 e. The lowest BCUT2D eigenvalue weighted by molar-refractivity contribution is -0.119. The van der Waals surface area contributed by atoms with Gasteiger partial charge in [-0.2, -0.15) is 4.31 Å². The molecule has 2 aliphatic heterocycles. The van der Waals surface area contributed by atoms with Crippen molar-refractivity contribution in [3.63, 3.8) is 0 Å². The number of fused-ring (bicyclic) bond motifs is 1. The number of carbonyl (C=O) groups is 3. The molecule has 3 atom stereocenters. The minimum atomic E-state index is -3.70. The number of carbonyl (C=O) groups excluding carboxylic acids is 3.